The number of nitrogens with zero attached hydrogens (tertiary/aromatic N) is 3. The Hall–Kier alpha value is -1.85. The van der Waals surface area contributed by atoms with Gasteiger partial charge in [-0.1, -0.05) is 70.2 Å². The Morgan fingerprint density at radius 3 is 2.75 bits per heavy atom. The summed E-state index contributed by atoms with van der Waals surface area (Å²) in [7, 11) is 0. The Labute approximate surface area is 154 Å². The number of aryl methyl sites for hydroxylation is 1. The lowest BCUT2D eigenvalue weighted by molar-refractivity contribution is 0.731. The second-order valence-electron chi connectivity index (χ2n) is 5.44. The van der Waals surface area contributed by atoms with Crippen LogP contribution in [0, 0.1) is 6.92 Å². The molecule has 0 saturated heterocycles. The fourth-order valence-electron chi connectivity index (χ4n) is 2.49. The highest BCUT2D eigenvalue weighted by atomic mass is 79.9. The van der Waals surface area contributed by atoms with Crippen LogP contribution in [0.25, 0.3) is 11.4 Å². The van der Waals surface area contributed by atoms with Gasteiger partial charge in [0.2, 0.25) is 0 Å². The normalized spacial score (nSPS) is 10.8. The molecule has 0 amide bonds. The zero-order valence-electron chi connectivity index (χ0n) is 13.4. The lowest BCUT2D eigenvalue weighted by Crippen LogP contribution is -2.01. The van der Waals surface area contributed by atoms with Crippen molar-refractivity contribution in [3.63, 3.8) is 0 Å². The first kappa shape index (κ1) is 17.0. The third-order valence-corrected chi connectivity index (χ3v) is 5.20. The van der Waals surface area contributed by atoms with Gasteiger partial charge in [0.1, 0.15) is 0 Å². The molecule has 1 aromatic heterocycles. The predicted octanol–water partition coefficient (Wildman–Crippen LogP) is 5.49. The van der Waals surface area contributed by atoms with E-state index in [-0.39, 0.29) is 0 Å². The van der Waals surface area contributed by atoms with E-state index < -0.39 is 0 Å². The highest BCUT2D eigenvalue weighted by molar-refractivity contribution is 9.10. The molecule has 0 aliphatic heterocycles. The zero-order valence-corrected chi connectivity index (χ0v) is 15.8. The summed E-state index contributed by atoms with van der Waals surface area (Å²) in [5, 5.41) is 9.75. The van der Waals surface area contributed by atoms with Gasteiger partial charge in [0.05, 0.1) is 0 Å². The second kappa shape index (κ2) is 7.81. The van der Waals surface area contributed by atoms with Crippen LogP contribution in [-0.2, 0) is 12.3 Å². The van der Waals surface area contributed by atoms with E-state index in [9.17, 15) is 0 Å². The molecule has 0 fully saturated rings. The van der Waals surface area contributed by atoms with Gasteiger partial charge >= 0.3 is 0 Å². The molecule has 5 heteroatoms. The van der Waals surface area contributed by atoms with Gasteiger partial charge in [-0.2, -0.15) is 0 Å². The Morgan fingerprint density at radius 2 is 2.00 bits per heavy atom. The first-order valence-electron chi connectivity index (χ1n) is 7.66. The molecule has 2 aromatic carbocycles. The summed E-state index contributed by atoms with van der Waals surface area (Å²) in [5.74, 6) is 1.74. The standard InChI is InChI=1S/C19H18BrN3S/c1-3-11-23-18(17-10-5-4-7-14(17)2)21-22-19(23)24-13-15-8-6-9-16(20)12-15/h3-10,12H,1,11,13H2,2H3. The van der Waals surface area contributed by atoms with E-state index in [0.29, 0.717) is 6.54 Å². The van der Waals surface area contributed by atoms with Gasteiger partial charge in [0.25, 0.3) is 0 Å². The van der Waals surface area contributed by atoms with Crippen molar-refractivity contribution in [2.24, 2.45) is 0 Å². The van der Waals surface area contributed by atoms with Gasteiger partial charge in [-0.15, -0.1) is 16.8 Å². The highest BCUT2D eigenvalue weighted by Crippen LogP contribution is 2.28. The van der Waals surface area contributed by atoms with E-state index >= 15 is 0 Å². The topological polar surface area (TPSA) is 30.7 Å². The molecule has 3 nitrogen and oxygen atoms in total. The van der Waals surface area contributed by atoms with Crippen LogP contribution in [0.4, 0.5) is 0 Å². The molecule has 0 N–H and O–H groups in total. The number of hydrogen-bond acceptors (Lipinski definition) is 3. The number of benzene rings is 2. The molecule has 0 atom stereocenters. The maximum Gasteiger partial charge on any atom is 0.192 e. The largest absolute Gasteiger partial charge is 0.298 e. The quantitative estimate of drug-likeness (QED) is 0.405. The molecule has 24 heavy (non-hydrogen) atoms. The van der Waals surface area contributed by atoms with Crippen molar-refractivity contribution < 1.29 is 0 Å². The van der Waals surface area contributed by atoms with Crippen molar-refractivity contribution in [2.45, 2.75) is 24.4 Å². The maximum absolute atomic E-state index is 4.43. The summed E-state index contributed by atoms with van der Waals surface area (Å²) >= 11 is 5.21. The summed E-state index contributed by atoms with van der Waals surface area (Å²) in [6, 6.07) is 16.6. The number of halogens is 1. The molecule has 122 valence electrons. The molecule has 3 rings (SSSR count). The van der Waals surface area contributed by atoms with Crippen LogP contribution < -0.4 is 0 Å². The van der Waals surface area contributed by atoms with Crippen LogP contribution in [-0.4, -0.2) is 14.8 Å². The van der Waals surface area contributed by atoms with Crippen molar-refractivity contribution in [3.8, 4) is 11.4 Å². The van der Waals surface area contributed by atoms with Crippen LogP contribution in [0.15, 0.2) is 70.8 Å². The molecule has 0 spiro atoms. The number of aromatic nitrogens is 3. The lowest BCUT2D eigenvalue weighted by atomic mass is 10.1. The van der Waals surface area contributed by atoms with E-state index in [2.05, 4.69) is 68.5 Å². The van der Waals surface area contributed by atoms with Crippen LogP contribution in [0.3, 0.4) is 0 Å². The van der Waals surface area contributed by atoms with Gasteiger partial charge in [-0.3, -0.25) is 4.57 Å². The van der Waals surface area contributed by atoms with Crippen molar-refractivity contribution in [2.75, 3.05) is 0 Å². The van der Waals surface area contributed by atoms with E-state index in [1.807, 2.05) is 30.3 Å². The number of hydrogen-bond donors (Lipinski definition) is 0. The van der Waals surface area contributed by atoms with Gasteiger partial charge in [-0.05, 0) is 30.2 Å². The van der Waals surface area contributed by atoms with Crippen LogP contribution in [0.1, 0.15) is 11.1 Å². The second-order valence-corrected chi connectivity index (χ2v) is 7.30. The average molecular weight is 400 g/mol. The van der Waals surface area contributed by atoms with Gasteiger partial charge < -0.3 is 0 Å². The first-order chi connectivity index (χ1) is 11.7. The summed E-state index contributed by atoms with van der Waals surface area (Å²) in [4.78, 5) is 0. The van der Waals surface area contributed by atoms with Gasteiger partial charge in [-0.25, -0.2) is 0 Å². The van der Waals surface area contributed by atoms with E-state index in [1.165, 1.54) is 11.1 Å². The van der Waals surface area contributed by atoms with E-state index in [0.717, 1.165) is 26.8 Å². The molecule has 3 aromatic rings. The Kier molecular flexibility index (Phi) is 5.53. The van der Waals surface area contributed by atoms with Crippen molar-refractivity contribution >= 4 is 27.7 Å². The zero-order chi connectivity index (χ0) is 16.9. The third kappa shape index (κ3) is 3.79. The maximum atomic E-state index is 4.43. The van der Waals surface area contributed by atoms with Crippen LogP contribution in [0.2, 0.25) is 0 Å². The van der Waals surface area contributed by atoms with Crippen molar-refractivity contribution in [1.82, 2.24) is 14.8 Å². The number of thioether (sulfide) groups is 1. The Balaban J connectivity index is 1.89. The lowest BCUT2D eigenvalue weighted by Gasteiger charge is -2.09. The minimum atomic E-state index is 0.692. The monoisotopic (exact) mass is 399 g/mol. The molecular formula is C19H18BrN3S. The number of allylic oxidation sites excluding steroid dienone is 1. The number of rotatable bonds is 6. The molecule has 1 heterocycles. The fourth-order valence-corrected chi connectivity index (χ4v) is 3.82. The first-order valence-corrected chi connectivity index (χ1v) is 9.44. The van der Waals surface area contributed by atoms with Crippen LogP contribution >= 0.6 is 27.7 Å². The Morgan fingerprint density at radius 1 is 1.17 bits per heavy atom. The minimum Gasteiger partial charge on any atom is -0.298 e. The third-order valence-electron chi connectivity index (χ3n) is 3.67. The van der Waals surface area contributed by atoms with Crippen LogP contribution in [0.5, 0.6) is 0 Å². The molecule has 0 radical (unpaired) electrons. The highest BCUT2D eigenvalue weighted by Gasteiger charge is 2.15. The summed E-state index contributed by atoms with van der Waals surface area (Å²) in [6.07, 6.45) is 1.88. The summed E-state index contributed by atoms with van der Waals surface area (Å²) in [6.45, 7) is 6.66. The van der Waals surface area contributed by atoms with Gasteiger partial charge in [0, 0.05) is 22.3 Å². The van der Waals surface area contributed by atoms with Crippen molar-refractivity contribution in [3.05, 3.63) is 76.8 Å². The predicted molar refractivity (Wildman–Crippen MR) is 104 cm³/mol. The molecule has 0 aliphatic carbocycles. The molecule has 0 bridgehead atoms. The molecule has 0 saturated carbocycles. The summed E-state index contributed by atoms with van der Waals surface area (Å²) < 4.78 is 3.21. The fraction of sp³-hybridized carbons (Fsp3) is 0.158. The van der Waals surface area contributed by atoms with E-state index in [4.69, 9.17) is 0 Å². The molecule has 0 aliphatic rings. The van der Waals surface area contributed by atoms with Gasteiger partial charge in [0.15, 0.2) is 11.0 Å². The summed E-state index contributed by atoms with van der Waals surface area (Å²) in [5.41, 5.74) is 3.56. The SMILES string of the molecule is C=CCn1c(SCc2cccc(Br)c2)nnc1-c1ccccc1C. The smallest absolute Gasteiger partial charge is 0.192 e. The minimum absolute atomic E-state index is 0.692. The Bertz CT molecular complexity index is 857. The molecule has 0 unspecified atom stereocenters. The molecular weight excluding hydrogens is 382 g/mol. The average Bonchev–Trinajstić information content (AvgIpc) is 2.97. The van der Waals surface area contributed by atoms with Crippen molar-refractivity contribution in [1.29, 1.82) is 0 Å². The van der Waals surface area contributed by atoms with E-state index in [1.54, 1.807) is 11.8 Å².